The van der Waals surface area contributed by atoms with E-state index in [0.29, 0.717) is 19.6 Å². The third-order valence-corrected chi connectivity index (χ3v) is 3.32. The number of carbonyl (C=O) groups is 3. The average Bonchev–Trinajstić information content (AvgIpc) is 2.57. The smallest absolute Gasteiger partial charge is 0.339 e. The zero-order valence-electron chi connectivity index (χ0n) is 13.7. The number of hydrogen-bond acceptors (Lipinski definition) is 6. The van der Waals surface area contributed by atoms with Crippen LogP contribution in [0, 0.1) is 0 Å². The van der Waals surface area contributed by atoms with Crippen LogP contribution in [0.15, 0.2) is 24.3 Å². The van der Waals surface area contributed by atoms with Crippen molar-refractivity contribution >= 4 is 23.5 Å². The molecule has 0 spiro atoms. The monoisotopic (exact) mass is 338 g/mol. The van der Waals surface area contributed by atoms with Gasteiger partial charge in [0, 0.05) is 13.5 Å². The third kappa shape index (κ3) is 6.35. The number of nitrogens with one attached hydrogen (secondary N) is 1. The van der Waals surface area contributed by atoms with Crippen LogP contribution in [0.4, 0.5) is 5.69 Å². The number of benzene rings is 1. The van der Waals surface area contributed by atoms with Gasteiger partial charge in [-0.15, -0.1) is 0 Å². The standard InChI is InChI=1S/C16H22N2O6/c1-23-9-5-8-17-13(15(20)21)10-14(19)18-12-7-4-3-6-11(12)16(22)24-2/h3-4,6-7,13,17H,5,8-10H2,1-2H3,(H,18,19)(H,20,21)/t13-/m1/s1. The normalized spacial score (nSPS) is 11.6. The highest BCUT2D eigenvalue weighted by Gasteiger charge is 2.20. The molecule has 0 aliphatic rings. The maximum Gasteiger partial charge on any atom is 0.339 e. The maximum absolute atomic E-state index is 12.1. The molecule has 1 rings (SSSR count). The number of rotatable bonds is 10. The van der Waals surface area contributed by atoms with E-state index >= 15 is 0 Å². The zero-order chi connectivity index (χ0) is 17.9. The number of anilines is 1. The van der Waals surface area contributed by atoms with E-state index < -0.39 is 23.9 Å². The quantitative estimate of drug-likeness (QED) is 0.396. The van der Waals surface area contributed by atoms with Gasteiger partial charge in [0.25, 0.3) is 0 Å². The predicted octanol–water partition coefficient (Wildman–Crippen LogP) is -1.48. The van der Waals surface area contributed by atoms with Crippen molar-refractivity contribution in [3.63, 3.8) is 0 Å². The van der Waals surface area contributed by atoms with Gasteiger partial charge < -0.3 is 30.0 Å². The first-order valence-electron chi connectivity index (χ1n) is 7.50. The van der Waals surface area contributed by atoms with Crippen LogP contribution < -0.4 is 15.7 Å². The maximum atomic E-state index is 12.1. The first kappa shape index (κ1) is 19.6. The molecule has 0 aliphatic heterocycles. The lowest BCUT2D eigenvalue weighted by Crippen LogP contribution is -2.93. The van der Waals surface area contributed by atoms with E-state index in [1.165, 1.54) is 18.5 Å². The molecule has 0 aromatic heterocycles. The van der Waals surface area contributed by atoms with Gasteiger partial charge in [-0.25, -0.2) is 4.79 Å². The molecule has 1 aromatic carbocycles. The summed E-state index contributed by atoms with van der Waals surface area (Å²) in [6, 6.07) is 5.33. The molecule has 0 fully saturated rings. The Kier molecular flexibility index (Phi) is 8.45. The predicted molar refractivity (Wildman–Crippen MR) is 83.1 cm³/mol. The van der Waals surface area contributed by atoms with Gasteiger partial charge in [0.05, 0.1) is 43.9 Å². The second-order valence-electron chi connectivity index (χ2n) is 5.09. The Morgan fingerprint density at radius 1 is 1.25 bits per heavy atom. The highest BCUT2D eigenvalue weighted by atomic mass is 16.5. The number of para-hydroxylation sites is 1. The van der Waals surface area contributed by atoms with Crippen molar-refractivity contribution in [1.29, 1.82) is 0 Å². The lowest BCUT2D eigenvalue weighted by molar-refractivity contribution is -0.682. The molecule has 8 heteroatoms. The van der Waals surface area contributed by atoms with Crippen molar-refractivity contribution < 1.29 is 34.3 Å². The van der Waals surface area contributed by atoms with Gasteiger partial charge in [0.1, 0.15) is 6.04 Å². The fourth-order valence-corrected chi connectivity index (χ4v) is 2.09. The highest BCUT2D eigenvalue weighted by molar-refractivity contribution is 6.01. The molecule has 0 aliphatic carbocycles. The molecule has 0 unspecified atom stereocenters. The molecule has 0 heterocycles. The first-order chi connectivity index (χ1) is 11.5. The second kappa shape index (κ2) is 10.3. The number of carbonyl (C=O) groups excluding carboxylic acids is 3. The number of aliphatic carboxylic acids is 1. The summed E-state index contributed by atoms with van der Waals surface area (Å²) in [4.78, 5) is 34.9. The average molecular weight is 338 g/mol. The summed E-state index contributed by atoms with van der Waals surface area (Å²) in [5.74, 6) is -2.43. The Bertz CT molecular complexity index is 575. The summed E-state index contributed by atoms with van der Waals surface area (Å²) in [5, 5.41) is 15.2. The molecule has 1 amide bonds. The molecule has 1 atom stereocenters. The van der Waals surface area contributed by atoms with Crippen LogP contribution in [0.1, 0.15) is 23.2 Å². The van der Waals surface area contributed by atoms with Crippen LogP contribution in [0.25, 0.3) is 0 Å². The Morgan fingerprint density at radius 2 is 1.96 bits per heavy atom. The van der Waals surface area contributed by atoms with Crippen LogP contribution in [0.5, 0.6) is 0 Å². The van der Waals surface area contributed by atoms with Crippen molar-refractivity contribution in [1.82, 2.24) is 0 Å². The minimum atomic E-state index is -1.32. The Morgan fingerprint density at radius 3 is 2.58 bits per heavy atom. The number of methoxy groups -OCH3 is 2. The van der Waals surface area contributed by atoms with E-state index in [-0.39, 0.29) is 17.7 Å². The molecule has 0 saturated carbocycles. The minimum Gasteiger partial charge on any atom is -0.544 e. The summed E-state index contributed by atoms with van der Waals surface area (Å²) in [6.07, 6.45) is 0.387. The van der Waals surface area contributed by atoms with Gasteiger partial charge in [-0.1, -0.05) is 12.1 Å². The molecule has 8 nitrogen and oxygen atoms in total. The number of nitrogens with two attached hydrogens (primary N) is 1. The van der Waals surface area contributed by atoms with Crippen molar-refractivity contribution in [2.45, 2.75) is 18.9 Å². The number of ether oxygens (including phenoxy) is 2. The van der Waals surface area contributed by atoms with Crippen LogP contribution in [0.2, 0.25) is 0 Å². The number of quaternary nitrogens is 1. The van der Waals surface area contributed by atoms with Crippen LogP contribution in [0.3, 0.4) is 0 Å². The summed E-state index contributed by atoms with van der Waals surface area (Å²) in [6.45, 7) is 1.01. The fourth-order valence-electron chi connectivity index (χ4n) is 2.09. The Labute approximate surface area is 140 Å². The van der Waals surface area contributed by atoms with E-state index in [2.05, 4.69) is 10.1 Å². The fraction of sp³-hybridized carbons (Fsp3) is 0.438. The van der Waals surface area contributed by atoms with Gasteiger partial charge in [0.15, 0.2) is 0 Å². The van der Waals surface area contributed by atoms with Crippen LogP contribution >= 0.6 is 0 Å². The Hall–Kier alpha value is -2.45. The van der Waals surface area contributed by atoms with Gasteiger partial charge >= 0.3 is 5.97 Å². The number of carboxylic acids is 1. The molecule has 0 radical (unpaired) electrons. The second-order valence-corrected chi connectivity index (χ2v) is 5.09. The van der Waals surface area contributed by atoms with E-state index in [4.69, 9.17) is 4.74 Å². The van der Waals surface area contributed by atoms with Gasteiger partial charge in [0.2, 0.25) is 5.91 Å². The van der Waals surface area contributed by atoms with Gasteiger partial charge in [-0.3, -0.25) is 4.79 Å². The van der Waals surface area contributed by atoms with E-state index in [1.807, 2.05) is 0 Å². The van der Waals surface area contributed by atoms with Gasteiger partial charge in [-0.2, -0.15) is 0 Å². The van der Waals surface area contributed by atoms with Crippen molar-refractivity contribution in [2.24, 2.45) is 0 Å². The number of carboxylic acid groups (broad SMARTS) is 1. The Balaban J connectivity index is 2.66. The van der Waals surface area contributed by atoms with Gasteiger partial charge in [-0.05, 0) is 12.1 Å². The first-order valence-corrected chi connectivity index (χ1v) is 7.50. The zero-order valence-corrected chi connectivity index (χ0v) is 13.7. The molecule has 0 saturated heterocycles. The van der Waals surface area contributed by atoms with E-state index in [0.717, 1.165) is 0 Å². The van der Waals surface area contributed by atoms with Crippen LogP contribution in [-0.4, -0.2) is 51.3 Å². The molecule has 3 N–H and O–H groups in total. The molecular formula is C16H22N2O6. The topological polar surface area (TPSA) is 121 Å². The lowest BCUT2D eigenvalue weighted by atomic mass is 10.1. The molecule has 0 bridgehead atoms. The van der Waals surface area contributed by atoms with Crippen molar-refractivity contribution in [3.8, 4) is 0 Å². The SMILES string of the molecule is COCCC[NH2+][C@H](CC(=O)Nc1ccccc1C(=O)OC)C(=O)[O-]. The summed E-state index contributed by atoms with van der Waals surface area (Å²) in [7, 11) is 2.80. The van der Waals surface area contributed by atoms with Crippen LogP contribution in [-0.2, 0) is 19.1 Å². The number of esters is 1. The van der Waals surface area contributed by atoms with Crippen molar-refractivity contribution in [2.75, 3.05) is 32.7 Å². The largest absolute Gasteiger partial charge is 0.544 e. The number of amides is 1. The summed E-state index contributed by atoms with van der Waals surface area (Å²) >= 11 is 0. The number of hydrogen-bond donors (Lipinski definition) is 2. The molecule has 24 heavy (non-hydrogen) atoms. The van der Waals surface area contributed by atoms with Crippen molar-refractivity contribution in [3.05, 3.63) is 29.8 Å². The van der Waals surface area contributed by atoms with E-state index in [9.17, 15) is 19.5 Å². The summed E-state index contributed by atoms with van der Waals surface area (Å²) in [5.41, 5.74) is 0.466. The minimum absolute atomic E-state index is 0.197. The third-order valence-electron chi connectivity index (χ3n) is 3.32. The molecule has 1 aromatic rings. The molecular weight excluding hydrogens is 316 g/mol. The highest BCUT2D eigenvalue weighted by Crippen LogP contribution is 2.16. The van der Waals surface area contributed by atoms with E-state index in [1.54, 1.807) is 25.3 Å². The molecule has 132 valence electrons. The lowest BCUT2D eigenvalue weighted by Gasteiger charge is -2.17. The summed E-state index contributed by atoms with van der Waals surface area (Å²) < 4.78 is 9.53.